The highest BCUT2D eigenvalue weighted by Crippen LogP contribution is 2.29. The molecule has 1 aromatic heterocycles. The third-order valence-corrected chi connectivity index (χ3v) is 5.32. The first-order chi connectivity index (χ1) is 9.56. The molecule has 1 fully saturated rings. The van der Waals surface area contributed by atoms with Crippen molar-refractivity contribution in [1.82, 2.24) is 13.9 Å². The van der Waals surface area contributed by atoms with Crippen molar-refractivity contribution in [2.24, 2.45) is 0 Å². The molecule has 1 aromatic carbocycles. The first-order valence-electron chi connectivity index (χ1n) is 6.46. The molecule has 2 aromatic rings. The molecule has 0 bridgehead atoms. The quantitative estimate of drug-likeness (QED) is 0.826. The van der Waals surface area contributed by atoms with Gasteiger partial charge in [-0.25, -0.2) is 17.9 Å². The van der Waals surface area contributed by atoms with Gasteiger partial charge in [-0.1, -0.05) is 15.9 Å². The Morgan fingerprint density at radius 1 is 1.40 bits per heavy atom. The van der Waals surface area contributed by atoms with Gasteiger partial charge in [0.15, 0.2) is 0 Å². The first-order valence-corrected chi connectivity index (χ1v) is 8.77. The molecule has 1 aliphatic heterocycles. The minimum atomic E-state index is -0.920. The van der Waals surface area contributed by atoms with Gasteiger partial charge in [-0.2, -0.15) is 0 Å². The zero-order valence-electron chi connectivity index (χ0n) is 11.1. The van der Waals surface area contributed by atoms with Crippen LogP contribution >= 0.6 is 15.9 Å². The number of fused-ring (bicyclic) bond motifs is 1. The van der Waals surface area contributed by atoms with Crippen molar-refractivity contribution >= 4 is 37.9 Å². The summed E-state index contributed by atoms with van der Waals surface area (Å²) in [5.41, 5.74) is 1.22. The van der Waals surface area contributed by atoms with Gasteiger partial charge in [0.25, 0.3) is 0 Å². The van der Waals surface area contributed by atoms with Crippen LogP contribution in [0.25, 0.3) is 11.0 Å². The van der Waals surface area contributed by atoms with Crippen molar-refractivity contribution in [3.05, 3.63) is 28.7 Å². The standard InChI is InChI=1S/C13H15BrFN3OS/c1-20(19)17-4-2-10(3-5-17)18-8-16-12-7-9(14)6-11(15)13(12)18/h6-8,10H,2-5H2,1H3. The first kappa shape index (κ1) is 14.2. The Kier molecular flexibility index (Phi) is 3.92. The summed E-state index contributed by atoms with van der Waals surface area (Å²) in [7, 11) is -0.920. The summed E-state index contributed by atoms with van der Waals surface area (Å²) in [4.78, 5) is 4.29. The molecule has 0 spiro atoms. The van der Waals surface area contributed by atoms with Gasteiger partial charge in [0.05, 0.1) is 22.8 Å². The monoisotopic (exact) mass is 359 g/mol. The molecular formula is C13H15BrFN3OS. The largest absolute Gasteiger partial charge is 0.325 e. The summed E-state index contributed by atoms with van der Waals surface area (Å²) in [6.07, 6.45) is 5.13. The number of nitrogens with zero attached hydrogens (tertiary/aromatic N) is 3. The molecule has 2 heterocycles. The third kappa shape index (κ3) is 2.54. The molecule has 0 N–H and O–H groups in total. The fourth-order valence-electron chi connectivity index (χ4n) is 2.74. The van der Waals surface area contributed by atoms with Crippen molar-refractivity contribution in [1.29, 1.82) is 0 Å². The highest BCUT2D eigenvalue weighted by molar-refractivity contribution is 9.10. The molecule has 1 aliphatic rings. The van der Waals surface area contributed by atoms with Crippen LogP contribution in [0, 0.1) is 5.82 Å². The highest BCUT2D eigenvalue weighted by atomic mass is 79.9. The Labute approximate surface area is 127 Å². The smallest absolute Gasteiger partial charge is 0.150 e. The zero-order chi connectivity index (χ0) is 14.3. The average Bonchev–Trinajstić information content (AvgIpc) is 2.82. The predicted octanol–water partition coefficient (Wildman–Crippen LogP) is 2.87. The highest BCUT2D eigenvalue weighted by Gasteiger charge is 2.24. The number of imidazole rings is 1. The van der Waals surface area contributed by atoms with E-state index < -0.39 is 11.0 Å². The summed E-state index contributed by atoms with van der Waals surface area (Å²) < 4.78 is 30.2. The Morgan fingerprint density at radius 2 is 2.10 bits per heavy atom. The van der Waals surface area contributed by atoms with Crippen molar-refractivity contribution in [3.63, 3.8) is 0 Å². The molecule has 3 rings (SSSR count). The number of hydrogen-bond donors (Lipinski definition) is 0. The van der Waals surface area contributed by atoms with Crippen LogP contribution in [0.2, 0.25) is 0 Å². The third-order valence-electron chi connectivity index (χ3n) is 3.77. The van der Waals surface area contributed by atoms with E-state index in [0.29, 0.717) is 15.5 Å². The lowest BCUT2D eigenvalue weighted by Gasteiger charge is -2.30. The number of rotatable bonds is 2. The van der Waals surface area contributed by atoms with E-state index in [9.17, 15) is 8.60 Å². The van der Waals surface area contributed by atoms with E-state index in [1.807, 2.05) is 14.9 Å². The summed E-state index contributed by atoms with van der Waals surface area (Å²) in [5, 5.41) is 0. The molecular weight excluding hydrogens is 345 g/mol. The van der Waals surface area contributed by atoms with E-state index in [-0.39, 0.29) is 11.9 Å². The number of piperidine rings is 1. The molecule has 7 heteroatoms. The van der Waals surface area contributed by atoms with E-state index in [4.69, 9.17) is 0 Å². The summed E-state index contributed by atoms with van der Waals surface area (Å²) >= 11 is 3.28. The number of hydrogen-bond acceptors (Lipinski definition) is 2. The molecule has 4 nitrogen and oxygen atoms in total. The second-order valence-corrected chi connectivity index (χ2v) is 7.27. The average molecular weight is 360 g/mol. The van der Waals surface area contributed by atoms with Gasteiger partial charge in [-0.05, 0) is 25.0 Å². The summed E-state index contributed by atoms with van der Waals surface area (Å²) in [6, 6.07) is 3.51. The lowest BCUT2D eigenvalue weighted by Crippen LogP contribution is -2.35. The maximum atomic E-state index is 14.2. The predicted molar refractivity (Wildman–Crippen MR) is 81.3 cm³/mol. The maximum absolute atomic E-state index is 14.2. The van der Waals surface area contributed by atoms with Crippen LogP contribution in [0.4, 0.5) is 4.39 Å². The van der Waals surface area contributed by atoms with E-state index in [1.165, 1.54) is 6.07 Å². The second-order valence-electron chi connectivity index (χ2n) is 4.99. The van der Waals surface area contributed by atoms with Gasteiger partial charge >= 0.3 is 0 Å². The van der Waals surface area contributed by atoms with Gasteiger partial charge in [0.1, 0.15) is 11.3 Å². The second kappa shape index (κ2) is 5.54. The van der Waals surface area contributed by atoms with Crippen LogP contribution < -0.4 is 0 Å². The van der Waals surface area contributed by atoms with E-state index in [1.54, 1.807) is 12.6 Å². The van der Waals surface area contributed by atoms with Crippen LogP contribution in [-0.2, 0) is 11.0 Å². The van der Waals surface area contributed by atoms with E-state index >= 15 is 0 Å². The minimum absolute atomic E-state index is 0.218. The molecule has 0 aliphatic carbocycles. The van der Waals surface area contributed by atoms with E-state index in [0.717, 1.165) is 25.9 Å². The van der Waals surface area contributed by atoms with Gasteiger partial charge in [0, 0.05) is 29.9 Å². The molecule has 1 saturated heterocycles. The lowest BCUT2D eigenvalue weighted by atomic mass is 10.1. The Hall–Kier alpha value is -0.790. The van der Waals surface area contributed by atoms with Crippen molar-refractivity contribution in [2.75, 3.05) is 19.3 Å². The van der Waals surface area contributed by atoms with Gasteiger partial charge < -0.3 is 4.57 Å². The number of benzene rings is 1. The molecule has 0 saturated carbocycles. The Balaban J connectivity index is 1.90. The summed E-state index contributed by atoms with van der Waals surface area (Å²) in [6.45, 7) is 1.54. The van der Waals surface area contributed by atoms with Gasteiger partial charge in [-0.3, -0.25) is 0 Å². The van der Waals surface area contributed by atoms with Gasteiger partial charge in [-0.15, -0.1) is 0 Å². The number of halogens is 2. The van der Waals surface area contributed by atoms with Crippen molar-refractivity contribution < 1.29 is 8.60 Å². The molecule has 20 heavy (non-hydrogen) atoms. The van der Waals surface area contributed by atoms with Crippen molar-refractivity contribution in [3.8, 4) is 0 Å². The van der Waals surface area contributed by atoms with Crippen LogP contribution in [-0.4, -0.2) is 37.4 Å². The number of aromatic nitrogens is 2. The molecule has 1 atom stereocenters. The summed E-state index contributed by atoms with van der Waals surface area (Å²) in [5.74, 6) is -0.256. The Morgan fingerprint density at radius 3 is 2.75 bits per heavy atom. The fourth-order valence-corrected chi connectivity index (χ4v) is 3.89. The minimum Gasteiger partial charge on any atom is -0.325 e. The Bertz CT molecular complexity index is 667. The molecule has 0 radical (unpaired) electrons. The van der Waals surface area contributed by atoms with Gasteiger partial charge in [0.2, 0.25) is 0 Å². The van der Waals surface area contributed by atoms with Crippen LogP contribution in [0.3, 0.4) is 0 Å². The lowest BCUT2D eigenvalue weighted by molar-refractivity contribution is 0.287. The fraction of sp³-hybridized carbons (Fsp3) is 0.462. The topological polar surface area (TPSA) is 38.1 Å². The van der Waals surface area contributed by atoms with Crippen molar-refractivity contribution in [2.45, 2.75) is 18.9 Å². The molecule has 108 valence electrons. The van der Waals surface area contributed by atoms with Crippen LogP contribution in [0.1, 0.15) is 18.9 Å². The molecule has 1 unspecified atom stereocenters. The molecule has 0 amide bonds. The SMILES string of the molecule is CS(=O)N1CCC(n2cnc3cc(Br)cc(F)c32)CC1. The van der Waals surface area contributed by atoms with Crippen LogP contribution in [0.15, 0.2) is 22.9 Å². The normalized spacial score (nSPS) is 19.6. The van der Waals surface area contributed by atoms with E-state index in [2.05, 4.69) is 20.9 Å². The zero-order valence-corrected chi connectivity index (χ0v) is 13.5. The van der Waals surface area contributed by atoms with Crippen LogP contribution in [0.5, 0.6) is 0 Å². The maximum Gasteiger partial charge on any atom is 0.150 e.